The van der Waals surface area contributed by atoms with Crippen LogP contribution in [0.15, 0.2) is 6.07 Å². The van der Waals surface area contributed by atoms with Crippen molar-refractivity contribution in [1.82, 2.24) is 29.4 Å². The second-order valence-electron chi connectivity index (χ2n) is 4.95. The first-order valence-electron chi connectivity index (χ1n) is 7.01. The molecule has 3 aromatic heterocycles. The molecule has 0 unspecified atom stereocenters. The number of halogens is 1. The van der Waals surface area contributed by atoms with Gasteiger partial charge in [-0.1, -0.05) is 18.5 Å². The molecule has 3 aromatic rings. The number of aryl methyl sites for hydroxylation is 4. The average molecular weight is 305 g/mol. The van der Waals surface area contributed by atoms with Gasteiger partial charge in [0.05, 0.1) is 11.4 Å². The van der Waals surface area contributed by atoms with E-state index in [1.54, 1.807) is 0 Å². The molecule has 0 atom stereocenters. The zero-order valence-electron chi connectivity index (χ0n) is 12.6. The highest BCUT2D eigenvalue weighted by atomic mass is 35.5. The van der Waals surface area contributed by atoms with Gasteiger partial charge in [0, 0.05) is 12.2 Å². The lowest BCUT2D eigenvalue weighted by Crippen LogP contribution is -2.05. The smallest absolute Gasteiger partial charge is 0.199 e. The van der Waals surface area contributed by atoms with Gasteiger partial charge >= 0.3 is 0 Å². The lowest BCUT2D eigenvalue weighted by atomic mass is 10.3. The van der Waals surface area contributed by atoms with Crippen LogP contribution >= 0.6 is 11.6 Å². The largest absolute Gasteiger partial charge is 0.274 e. The number of hydrogen-bond donors (Lipinski definition) is 0. The summed E-state index contributed by atoms with van der Waals surface area (Å²) in [6.45, 7) is 8.85. The van der Waals surface area contributed by atoms with Gasteiger partial charge in [-0.25, -0.2) is 4.98 Å². The van der Waals surface area contributed by atoms with Crippen molar-refractivity contribution in [2.75, 3.05) is 0 Å². The van der Waals surface area contributed by atoms with Gasteiger partial charge in [0.1, 0.15) is 5.69 Å². The molecule has 0 spiro atoms. The second kappa shape index (κ2) is 5.11. The van der Waals surface area contributed by atoms with Crippen LogP contribution in [-0.2, 0) is 13.0 Å². The summed E-state index contributed by atoms with van der Waals surface area (Å²) in [4.78, 5) is 4.29. The van der Waals surface area contributed by atoms with Gasteiger partial charge in [-0.15, -0.1) is 10.2 Å². The summed E-state index contributed by atoms with van der Waals surface area (Å²) in [6.07, 6.45) is 0.886. The zero-order chi connectivity index (χ0) is 15.1. The van der Waals surface area contributed by atoms with Crippen LogP contribution < -0.4 is 0 Å². The van der Waals surface area contributed by atoms with Gasteiger partial charge < -0.3 is 0 Å². The monoisotopic (exact) mass is 304 g/mol. The Morgan fingerprint density at radius 1 is 1.19 bits per heavy atom. The Morgan fingerprint density at radius 3 is 2.62 bits per heavy atom. The summed E-state index contributed by atoms with van der Waals surface area (Å²) in [6, 6.07) is 2.06. The summed E-state index contributed by atoms with van der Waals surface area (Å²) in [5.74, 6) is 0.754. The maximum absolute atomic E-state index is 6.18. The van der Waals surface area contributed by atoms with Crippen molar-refractivity contribution in [3.8, 4) is 11.5 Å². The maximum atomic E-state index is 6.18. The van der Waals surface area contributed by atoms with Crippen molar-refractivity contribution in [1.29, 1.82) is 0 Å². The quantitative estimate of drug-likeness (QED) is 0.746. The summed E-state index contributed by atoms with van der Waals surface area (Å²) < 4.78 is 3.89. The normalized spacial score (nSPS) is 11.5. The Labute approximate surface area is 127 Å². The summed E-state index contributed by atoms with van der Waals surface area (Å²) >= 11 is 6.18. The summed E-state index contributed by atoms with van der Waals surface area (Å²) in [5, 5.41) is 13.4. The minimum absolute atomic E-state index is 0.370. The van der Waals surface area contributed by atoms with E-state index >= 15 is 0 Å². The maximum Gasteiger partial charge on any atom is 0.199 e. The van der Waals surface area contributed by atoms with Gasteiger partial charge in [-0.2, -0.15) is 5.10 Å². The summed E-state index contributed by atoms with van der Waals surface area (Å²) in [5.41, 5.74) is 4.42. The fourth-order valence-electron chi connectivity index (χ4n) is 2.41. The zero-order valence-corrected chi connectivity index (χ0v) is 13.3. The molecule has 21 heavy (non-hydrogen) atoms. The lowest BCUT2D eigenvalue weighted by molar-refractivity contribution is 0.651. The van der Waals surface area contributed by atoms with Crippen LogP contribution in [0.1, 0.15) is 30.9 Å². The molecule has 7 heteroatoms. The van der Waals surface area contributed by atoms with Gasteiger partial charge in [0.2, 0.25) is 0 Å². The molecular formula is C14H17ClN6. The topological polar surface area (TPSA) is 60.9 Å². The molecule has 0 N–H and O–H groups in total. The number of rotatable bonds is 3. The third kappa shape index (κ3) is 2.10. The Hall–Kier alpha value is -1.95. The van der Waals surface area contributed by atoms with Gasteiger partial charge in [-0.05, 0) is 33.3 Å². The van der Waals surface area contributed by atoms with Crippen LogP contribution in [0, 0.1) is 13.8 Å². The van der Waals surface area contributed by atoms with E-state index in [-0.39, 0.29) is 0 Å². The van der Waals surface area contributed by atoms with E-state index in [2.05, 4.69) is 40.2 Å². The van der Waals surface area contributed by atoms with E-state index in [9.17, 15) is 0 Å². The van der Waals surface area contributed by atoms with Crippen LogP contribution in [-0.4, -0.2) is 29.4 Å². The molecule has 0 aliphatic carbocycles. The Kier molecular flexibility index (Phi) is 3.41. The molecule has 0 fully saturated rings. The SMILES string of the molecule is CCc1cc(-c2nnc3c(Cl)nc(C)c(C)n23)n(CC)n1. The molecule has 3 heterocycles. The molecule has 0 bridgehead atoms. The standard InChI is InChI=1S/C14H17ClN6/c1-5-10-7-11(20(6-2)19-10)13-17-18-14-12(15)16-8(3)9(4)21(13)14/h7H,5-6H2,1-4H3. The average Bonchev–Trinajstić information content (AvgIpc) is 3.08. The molecule has 0 saturated heterocycles. The second-order valence-corrected chi connectivity index (χ2v) is 5.30. The minimum atomic E-state index is 0.370. The van der Waals surface area contributed by atoms with Crippen molar-refractivity contribution in [3.05, 3.63) is 28.3 Å². The number of hydrogen-bond acceptors (Lipinski definition) is 4. The number of fused-ring (bicyclic) bond motifs is 1. The third-order valence-electron chi connectivity index (χ3n) is 3.69. The Morgan fingerprint density at radius 2 is 1.95 bits per heavy atom. The van der Waals surface area contributed by atoms with Crippen LogP contribution in [0.4, 0.5) is 0 Å². The molecule has 0 radical (unpaired) electrons. The predicted octanol–water partition coefficient (Wildman–Crippen LogP) is 2.84. The molecule has 0 amide bonds. The van der Waals surface area contributed by atoms with Crippen LogP contribution in [0.2, 0.25) is 5.15 Å². The third-order valence-corrected chi connectivity index (χ3v) is 3.95. The van der Waals surface area contributed by atoms with Crippen molar-refractivity contribution in [3.63, 3.8) is 0 Å². The highest BCUT2D eigenvalue weighted by molar-refractivity contribution is 6.32. The molecule has 3 rings (SSSR count). The van der Waals surface area contributed by atoms with E-state index in [1.807, 2.05) is 22.9 Å². The molecule has 0 saturated carbocycles. The Bertz CT molecular complexity index is 817. The highest BCUT2D eigenvalue weighted by Gasteiger charge is 2.19. The fraction of sp³-hybridized carbons (Fsp3) is 0.429. The highest BCUT2D eigenvalue weighted by Crippen LogP contribution is 2.25. The van der Waals surface area contributed by atoms with Crippen molar-refractivity contribution in [2.24, 2.45) is 0 Å². The molecule has 0 aromatic carbocycles. The van der Waals surface area contributed by atoms with E-state index < -0.39 is 0 Å². The molecule has 110 valence electrons. The van der Waals surface area contributed by atoms with Crippen LogP contribution in [0.25, 0.3) is 17.2 Å². The molecule has 0 aliphatic rings. The van der Waals surface area contributed by atoms with E-state index in [0.29, 0.717) is 10.8 Å². The van der Waals surface area contributed by atoms with E-state index in [0.717, 1.165) is 41.6 Å². The number of nitrogens with zero attached hydrogens (tertiary/aromatic N) is 6. The van der Waals surface area contributed by atoms with Gasteiger partial charge in [-0.3, -0.25) is 9.08 Å². The van der Waals surface area contributed by atoms with Crippen LogP contribution in [0.5, 0.6) is 0 Å². The van der Waals surface area contributed by atoms with Crippen molar-refractivity contribution < 1.29 is 0 Å². The van der Waals surface area contributed by atoms with Crippen LogP contribution in [0.3, 0.4) is 0 Å². The number of aromatic nitrogens is 6. The molecule has 6 nitrogen and oxygen atoms in total. The Balaban J connectivity index is 2.33. The van der Waals surface area contributed by atoms with Gasteiger partial charge in [0.25, 0.3) is 0 Å². The predicted molar refractivity (Wildman–Crippen MR) is 81.5 cm³/mol. The van der Waals surface area contributed by atoms with E-state index in [4.69, 9.17) is 11.6 Å². The first kappa shape index (κ1) is 14.0. The first-order chi connectivity index (χ1) is 10.1. The fourth-order valence-corrected chi connectivity index (χ4v) is 2.65. The van der Waals surface area contributed by atoms with Crippen molar-refractivity contribution >= 4 is 17.2 Å². The lowest BCUT2D eigenvalue weighted by Gasteiger charge is -2.08. The minimum Gasteiger partial charge on any atom is -0.274 e. The summed E-state index contributed by atoms with van der Waals surface area (Å²) in [7, 11) is 0. The van der Waals surface area contributed by atoms with Gasteiger partial charge in [0.15, 0.2) is 16.6 Å². The molecular weight excluding hydrogens is 288 g/mol. The van der Waals surface area contributed by atoms with E-state index in [1.165, 1.54) is 0 Å². The van der Waals surface area contributed by atoms with Crippen molar-refractivity contribution in [2.45, 2.75) is 40.7 Å². The first-order valence-corrected chi connectivity index (χ1v) is 7.39. The molecule has 0 aliphatic heterocycles.